The summed E-state index contributed by atoms with van der Waals surface area (Å²) < 4.78 is 5.56. The van der Waals surface area contributed by atoms with E-state index < -0.39 is 5.91 Å². The summed E-state index contributed by atoms with van der Waals surface area (Å²) in [7, 11) is 0. The Kier molecular flexibility index (Phi) is 6.64. The van der Waals surface area contributed by atoms with Crippen LogP contribution in [0.1, 0.15) is 5.56 Å². The topological polar surface area (TPSA) is 92.5 Å². The summed E-state index contributed by atoms with van der Waals surface area (Å²) in [6.07, 6.45) is 1.60. The Bertz CT molecular complexity index is 1160. The number of nitrogens with one attached hydrogen (secondary N) is 1. The highest BCUT2D eigenvalue weighted by Crippen LogP contribution is 2.33. The molecular weight excluding hydrogens is 458 g/mol. The molecule has 0 spiro atoms. The molecule has 0 saturated carbocycles. The molecule has 0 bridgehead atoms. The van der Waals surface area contributed by atoms with E-state index in [1.54, 1.807) is 30.3 Å². The Balaban J connectivity index is 1.27. The second-order valence-electron chi connectivity index (χ2n) is 6.44. The molecule has 0 aliphatic carbocycles. The number of rotatable bonds is 7. The van der Waals surface area contributed by atoms with Crippen LogP contribution in [0.2, 0.25) is 5.02 Å². The molecule has 3 aromatic rings. The summed E-state index contributed by atoms with van der Waals surface area (Å²) in [6, 6.07) is 14.4. The van der Waals surface area contributed by atoms with Crippen LogP contribution in [0.25, 0.3) is 17.2 Å². The first-order valence-electron chi connectivity index (χ1n) is 9.26. The van der Waals surface area contributed by atoms with Crippen molar-refractivity contribution in [2.75, 3.05) is 18.8 Å². The minimum Gasteiger partial charge on any atom is -0.431 e. The number of aromatic nitrogens is 1. The standard InChI is InChI=1S/C21H16ClN3O4S2/c22-14-6-2-1-5-13(14)11-17-19(27)25(21(28)31-17)10-9-23-18(26)12-30-20-24-15-7-3-4-8-16(15)29-20/h1-8,11H,9-10,12H2,(H,23,26)/b17-11-. The molecule has 1 aliphatic rings. The molecule has 0 unspecified atom stereocenters. The lowest BCUT2D eigenvalue weighted by Gasteiger charge is -2.12. The number of nitrogens with zero attached hydrogens (tertiary/aromatic N) is 2. The van der Waals surface area contributed by atoms with Crippen molar-refractivity contribution in [2.45, 2.75) is 5.22 Å². The average molecular weight is 474 g/mol. The van der Waals surface area contributed by atoms with Gasteiger partial charge < -0.3 is 9.73 Å². The lowest BCUT2D eigenvalue weighted by molar-refractivity contribution is -0.123. The first-order chi connectivity index (χ1) is 15.0. The molecule has 0 atom stereocenters. The average Bonchev–Trinajstić information content (AvgIpc) is 3.29. The molecule has 1 saturated heterocycles. The van der Waals surface area contributed by atoms with Crippen molar-refractivity contribution in [3.05, 3.63) is 64.0 Å². The van der Waals surface area contributed by atoms with Crippen LogP contribution in [0.15, 0.2) is 63.1 Å². The van der Waals surface area contributed by atoms with Crippen molar-refractivity contribution in [1.29, 1.82) is 0 Å². The number of hydrogen-bond donors (Lipinski definition) is 1. The zero-order valence-corrected chi connectivity index (χ0v) is 18.4. The summed E-state index contributed by atoms with van der Waals surface area (Å²) in [5.41, 5.74) is 2.06. The van der Waals surface area contributed by atoms with E-state index in [4.69, 9.17) is 16.0 Å². The van der Waals surface area contributed by atoms with E-state index in [9.17, 15) is 14.4 Å². The highest BCUT2D eigenvalue weighted by Gasteiger charge is 2.34. The van der Waals surface area contributed by atoms with Gasteiger partial charge in [-0.25, -0.2) is 4.98 Å². The highest BCUT2D eigenvalue weighted by atomic mass is 35.5. The largest absolute Gasteiger partial charge is 0.431 e. The number of benzene rings is 2. The number of oxazole rings is 1. The molecule has 1 aliphatic heterocycles. The Morgan fingerprint density at radius 1 is 1.19 bits per heavy atom. The number of para-hydroxylation sites is 2. The van der Waals surface area contributed by atoms with Crippen molar-refractivity contribution in [2.24, 2.45) is 0 Å². The van der Waals surface area contributed by atoms with E-state index in [0.717, 1.165) is 22.2 Å². The number of imide groups is 1. The minimum absolute atomic E-state index is 0.0871. The smallest absolute Gasteiger partial charge is 0.293 e. The summed E-state index contributed by atoms with van der Waals surface area (Å²) >= 11 is 8.15. The van der Waals surface area contributed by atoms with Gasteiger partial charge in [-0.3, -0.25) is 19.3 Å². The first-order valence-corrected chi connectivity index (χ1v) is 11.4. The monoisotopic (exact) mass is 473 g/mol. The van der Waals surface area contributed by atoms with Gasteiger partial charge in [0.25, 0.3) is 16.4 Å². The highest BCUT2D eigenvalue weighted by molar-refractivity contribution is 8.18. The molecule has 10 heteroatoms. The number of carbonyl (C=O) groups is 3. The van der Waals surface area contributed by atoms with Crippen LogP contribution in [-0.2, 0) is 9.59 Å². The molecule has 4 rings (SSSR count). The van der Waals surface area contributed by atoms with Gasteiger partial charge in [-0.05, 0) is 41.6 Å². The lowest BCUT2D eigenvalue weighted by Crippen LogP contribution is -2.37. The van der Waals surface area contributed by atoms with Crippen LogP contribution >= 0.6 is 35.1 Å². The molecule has 1 fully saturated rings. The van der Waals surface area contributed by atoms with Crippen LogP contribution in [0.5, 0.6) is 0 Å². The third-order valence-electron chi connectivity index (χ3n) is 4.32. The second kappa shape index (κ2) is 9.59. The molecule has 7 nitrogen and oxygen atoms in total. The summed E-state index contributed by atoms with van der Waals surface area (Å²) in [5.74, 6) is -0.530. The SMILES string of the molecule is O=C(CSc1nc2ccccc2o1)NCCN1C(=O)S/C(=C\c2ccccc2Cl)C1=O. The summed E-state index contributed by atoms with van der Waals surface area (Å²) in [6.45, 7) is 0.244. The number of thioether (sulfide) groups is 2. The van der Waals surface area contributed by atoms with Crippen molar-refractivity contribution in [3.63, 3.8) is 0 Å². The van der Waals surface area contributed by atoms with Crippen LogP contribution in [0.3, 0.4) is 0 Å². The molecular formula is C21H16ClN3O4S2. The third kappa shape index (κ3) is 5.12. The van der Waals surface area contributed by atoms with Crippen LogP contribution in [0.4, 0.5) is 4.79 Å². The van der Waals surface area contributed by atoms with E-state index in [2.05, 4.69) is 10.3 Å². The van der Waals surface area contributed by atoms with E-state index in [1.807, 2.05) is 24.3 Å². The maximum atomic E-state index is 12.5. The van der Waals surface area contributed by atoms with E-state index in [0.29, 0.717) is 26.3 Å². The molecule has 1 aromatic heterocycles. The Morgan fingerprint density at radius 3 is 2.77 bits per heavy atom. The molecule has 1 N–H and O–H groups in total. The van der Waals surface area contributed by atoms with E-state index in [-0.39, 0.29) is 30.0 Å². The lowest BCUT2D eigenvalue weighted by atomic mass is 10.2. The van der Waals surface area contributed by atoms with Crippen molar-refractivity contribution in [3.8, 4) is 0 Å². The third-order valence-corrected chi connectivity index (χ3v) is 6.40. The fourth-order valence-corrected chi connectivity index (χ4v) is 4.54. The van der Waals surface area contributed by atoms with Gasteiger partial charge in [0.15, 0.2) is 5.58 Å². The zero-order chi connectivity index (χ0) is 21.8. The van der Waals surface area contributed by atoms with E-state index in [1.165, 1.54) is 11.8 Å². The van der Waals surface area contributed by atoms with Gasteiger partial charge in [-0.1, -0.05) is 53.7 Å². The predicted molar refractivity (Wildman–Crippen MR) is 122 cm³/mol. The summed E-state index contributed by atoms with van der Waals surface area (Å²) in [5, 5.41) is 3.23. The molecule has 158 valence electrons. The van der Waals surface area contributed by atoms with Crippen molar-refractivity contribution >= 4 is 69.4 Å². The van der Waals surface area contributed by atoms with Crippen LogP contribution in [-0.4, -0.2) is 45.8 Å². The number of carbonyl (C=O) groups excluding carboxylic acids is 3. The Labute approximate surface area is 191 Å². The predicted octanol–water partition coefficient (Wildman–Crippen LogP) is 4.43. The Hall–Kier alpha value is -2.75. The van der Waals surface area contributed by atoms with E-state index >= 15 is 0 Å². The van der Waals surface area contributed by atoms with Gasteiger partial charge >= 0.3 is 0 Å². The molecule has 2 aromatic carbocycles. The van der Waals surface area contributed by atoms with Gasteiger partial charge in [-0.2, -0.15) is 0 Å². The molecule has 0 radical (unpaired) electrons. The zero-order valence-electron chi connectivity index (χ0n) is 16.0. The molecule has 3 amide bonds. The van der Waals surface area contributed by atoms with Gasteiger partial charge in [0, 0.05) is 18.1 Å². The van der Waals surface area contributed by atoms with Crippen molar-refractivity contribution < 1.29 is 18.8 Å². The first kappa shape index (κ1) is 21.5. The maximum absolute atomic E-state index is 12.5. The van der Waals surface area contributed by atoms with Crippen LogP contribution in [0, 0.1) is 0 Å². The quantitative estimate of drug-likeness (QED) is 0.401. The number of amides is 3. The van der Waals surface area contributed by atoms with Gasteiger partial charge in [0.05, 0.1) is 10.7 Å². The number of hydrogen-bond acceptors (Lipinski definition) is 7. The molecule has 31 heavy (non-hydrogen) atoms. The minimum atomic E-state index is -0.398. The van der Waals surface area contributed by atoms with Crippen LogP contribution < -0.4 is 5.32 Å². The Morgan fingerprint density at radius 2 is 1.97 bits per heavy atom. The molecule has 2 heterocycles. The number of halogens is 1. The fraction of sp³-hybridized carbons (Fsp3) is 0.143. The van der Waals surface area contributed by atoms with Crippen molar-refractivity contribution in [1.82, 2.24) is 15.2 Å². The normalized spacial score (nSPS) is 15.3. The number of fused-ring (bicyclic) bond motifs is 1. The van der Waals surface area contributed by atoms with Gasteiger partial charge in [0.2, 0.25) is 5.91 Å². The summed E-state index contributed by atoms with van der Waals surface area (Å²) in [4.78, 5) is 42.5. The maximum Gasteiger partial charge on any atom is 0.293 e. The second-order valence-corrected chi connectivity index (χ2v) is 8.77. The van der Waals surface area contributed by atoms with Gasteiger partial charge in [0.1, 0.15) is 5.52 Å². The fourth-order valence-electron chi connectivity index (χ4n) is 2.82. The van der Waals surface area contributed by atoms with Gasteiger partial charge in [-0.15, -0.1) is 0 Å².